The number of nitrogens with one attached hydrogen (secondary N) is 1. The topological polar surface area (TPSA) is 69.7 Å². The third-order valence-electron chi connectivity index (χ3n) is 6.76. The molecule has 2 fully saturated rings. The molecule has 0 aliphatic carbocycles. The van der Waals surface area contributed by atoms with Crippen molar-refractivity contribution < 1.29 is 14.4 Å². The minimum absolute atomic E-state index is 0.108. The lowest BCUT2D eigenvalue weighted by Crippen LogP contribution is -2.55. The first-order chi connectivity index (χ1) is 15.6. The molecule has 4 atom stereocenters. The molecular formula is C25H23N3O3S. The van der Waals surface area contributed by atoms with Crippen LogP contribution in [-0.2, 0) is 19.9 Å². The number of anilines is 2. The van der Waals surface area contributed by atoms with Crippen molar-refractivity contribution in [2.24, 2.45) is 11.8 Å². The summed E-state index contributed by atoms with van der Waals surface area (Å²) in [6.45, 7) is 0.108. The van der Waals surface area contributed by atoms with Gasteiger partial charge >= 0.3 is 0 Å². The Kier molecular flexibility index (Phi) is 5.07. The van der Waals surface area contributed by atoms with Crippen LogP contribution in [0.5, 0.6) is 0 Å². The van der Waals surface area contributed by atoms with E-state index in [0.717, 1.165) is 11.3 Å². The number of carbonyl (C=O) groups excluding carboxylic acids is 3. The Morgan fingerprint density at radius 1 is 1.06 bits per heavy atom. The summed E-state index contributed by atoms with van der Waals surface area (Å²) < 4.78 is 0. The van der Waals surface area contributed by atoms with Gasteiger partial charge in [0.05, 0.1) is 29.8 Å². The molecule has 162 valence electrons. The van der Waals surface area contributed by atoms with Crippen LogP contribution in [-0.4, -0.2) is 42.3 Å². The number of thioether (sulfide) groups is 1. The fraction of sp³-hybridized carbons (Fsp3) is 0.320. The quantitative estimate of drug-likeness (QED) is 0.565. The van der Waals surface area contributed by atoms with Crippen molar-refractivity contribution in [2.45, 2.75) is 18.0 Å². The van der Waals surface area contributed by atoms with Crippen LogP contribution >= 0.6 is 11.8 Å². The zero-order chi connectivity index (χ0) is 22.5. The van der Waals surface area contributed by atoms with Gasteiger partial charge in [0.15, 0.2) is 0 Å². The SMILES string of the molecule is C#CCN1C(=O)C2(NC(CCSC)C3C(=O)N(c4ccccc4)C(=O)C32)c2ccccc21. The van der Waals surface area contributed by atoms with Crippen LogP contribution < -0.4 is 15.1 Å². The van der Waals surface area contributed by atoms with E-state index in [-0.39, 0.29) is 30.3 Å². The predicted octanol–water partition coefficient (Wildman–Crippen LogP) is 2.39. The second kappa shape index (κ2) is 7.80. The molecule has 2 aromatic carbocycles. The number of carbonyl (C=O) groups is 3. The van der Waals surface area contributed by atoms with Gasteiger partial charge in [0.25, 0.3) is 5.91 Å². The van der Waals surface area contributed by atoms with Crippen molar-refractivity contribution in [1.82, 2.24) is 5.32 Å². The molecule has 2 saturated heterocycles. The highest BCUT2D eigenvalue weighted by molar-refractivity contribution is 7.98. The number of imide groups is 1. The van der Waals surface area contributed by atoms with E-state index in [2.05, 4.69) is 11.2 Å². The number of amides is 3. The fourth-order valence-electron chi connectivity index (χ4n) is 5.52. The van der Waals surface area contributed by atoms with Gasteiger partial charge in [0, 0.05) is 11.6 Å². The van der Waals surface area contributed by atoms with Crippen LogP contribution in [0.1, 0.15) is 12.0 Å². The predicted molar refractivity (Wildman–Crippen MR) is 125 cm³/mol. The van der Waals surface area contributed by atoms with Gasteiger partial charge in [-0.05, 0) is 36.6 Å². The van der Waals surface area contributed by atoms with Crippen molar-refractivity contribution in [3.05, 3.63) is 60.2 Å². The van der Waals surface area contributed by atoms with E-state index in [1.807, 2.05) is 36.6 Å². The summed E-state index contributed by atoms with van der Waals surface area (Å²) in [5, 5.41) is 3.49. The highest BCUT2D eigenvalue weighted by Crippen LogP contribution is 2.55. The number of hydrogen-bond acceptors (Lipinski definition) is 5. The van der Waals surface area contributed by atoms with E-state index in [1.165, 1.54) is 4.90 Å². The van der Waals surface area contributed by atoms with Crippen LogP contribution in [0.2, 0.25) is 0 Å². The molecule has 6 nitrogen and oxygen atoms in total. The van der Waals surface area contributed by atoms with Crippen molar-refractivity contribution in [3.63, 3.8) is 0 Å². The number of hydrogen-bond donors (Lipinski definition) is 1. The van der Waals surface area contributed by atoms with Gasteiger partial charge in [-0.3, -0.25) is 24.6 Å². The first kappa shape index (κ1) is 20.8. The van der Waals surface area contributed by atoms with Gasteiger partial charge in [-0.15, -0.1) is 6.42 Å². The average molecular weight is 446 g/mol. The summed E-state index contributed by atoms with van der Waals surface area (Å²) in [4.78, 5) is 44.2. The number of terminal acetylenes is 1. The summed E-state index contributed by atoms with van der Waals surface area (Å²) in [6, 6.07) is 16.1. The summed E-state index contributed by atoms with van der Waals surface area (Å²) in [5.41, 5.74) is 0.663. The van der Waals surface area contributed by atoms with E-state index in [4.69, 9.17) is 6.42 Å². The van der Waals surface area contributed by atoms with Gasteiger partial charge in [0.2, 0.25) is 11.8 Å². The molecule has 0 radical (unpaired) electrons. The van der Waals surface area contributed by atoms with Crippen molar-refractivity contribution in [1.29, 1.82) is 0 Å². The van der Waals surface area contributed by atoms with Crippen molar-refractivity contribution >= 4 is 40.9 Å². The largest absolute Gasteiger partial charge is 0.298 e. The van der Waals surface area contributed by atoms with Gasteiger partial charge < -0.3 is 0 Å². The molecule has 32 heavy (non-hydrogen) atoms. The minimum atomic E-state index is -1.29. The molecule has 1 spiro atoms. The van der Waals surface area contributed by atoms with Crippen LogP contribution in [0.4, 0.5) is 11.4 Å². The molecule has 0 bridgehead atoms. The molecule has 3 aliphatic rings. The lowest BCUT2D eigenvalue weighted by atomic mass is 9.76. The summed E-state index contributed by atoms with van der Waals surface area (Å²) in [6.07, 6.45) is 8.25. The monoisotopic (exact) mass is 445 g/mol. The van der Waals surface area contributed by atoms with Gasteiger partial charge in [-0.1, -0.05) is 42.3 Å². The van der Waals surface area contributed by atoms with Crippen molar-refractivity contribution in [2.75, 3.05) is 28.4 Å². The zero-order valence-electron chi connectivity index (χ0n) is 17.7. The number of fused-ring (bicyclic) bond motifs is 4. The molecule has 2 aromatic rings. The smallest absolute Gasteiger partial charge is 0.253 e. The zero-order valence-corrected chi connectivity index (χ0v) is 18.5. The maximum Gasteiger partial charge on any atom is 0.253 e. The number of para-hydroxylation sites is 2. The van der Waals surface area contributed by atoms with Crippen LogP contribution in [0.3, 0.4) is 0 Å². The molecule has 3 heterocycles. The summed E-state index contributed by atoms with van der Waals surface area (Å²) >= 11 is 1.68. The van der Waals surface area contributed by atoms with Crippen molar-refractivity contribution in [3.8, 4) is 12.3 Å². The van der Waals surface area contributed by atoms with E-state index < -0.39 is 17.4 Å². The standard InChI is InChI=1S/C25H23N3O3S/c1-3-14-27-19-12-8-7-11-17(19)25(24(27)31)21-20(18(26-25)13-15-32-2)22(29)28(23(21)30)16-9-5-4-6-10-16/h1,4-12,18,20-21,26H,13-15H2,2H3. The maximum absolute atomic E-state index is 13.9. The van der Waals surface area contributed by atoms with Gasteiger partial charge in [0.1, 0.15) is 5.54 Å². The van der Waals surface area contributed by atoms with E-state index in [0.29, 0.717) is 17.8 Å². The van der Waals surface area contributed by atoms with Gasteiger partial charge in [-0.25, -0.2) is 4.90 Å². The molecular weight excluding hydrogens is 422 g/mol. The lowest BCUT2D eigenvalue weighted by molar-refractivity contribution is -0.132. The number of rotatable bonds is 5. The molecule has 0 saturated carbocycles. The second-order valence-electron chi connectivity index (χ2n) is 8.30. The molecule has 0 aromatic heterocycles. The fourth-order valence-corrected chi connectivity index (χ4v) is 6.01. The normalized spacial score (nSPS) is 28.4. The minimum Gasteiger partial charge on any atom is -0.298 e. The lowest BCUT2D eigenvalue weighted by Gasteiger charge is -2.30. The van der Waals surface area contributed by atoms with Crippen LogP contribution in [0.25, 0.3) is 0 Å². The summed E-state index contributed by atoms with van der Waals surface area (Å²) in [5.74, 6) is 1.10. The Balaban J connectivity index is 1.68. The third-order valence-corrected chi connectivity index (χ3v) is 7.41. The molecule has 3 aliphatic heterocycles. The highest BCUT2D eigenvalue weighted by atomic mass is 32.2. The second-order valence-corrected chi connectivity index (χ2v) is 9.29. The maximum atomic E-state index is 13.9. The van der Waals surface area contributed by atoms with Crippen LogP contribution in [0, 0.1) is 24.2 Å². The third kappa shape index (κ3) is 2.70. The Morgan fingerprint density at radius 2 is 1.78 bits per heavy atom. The molecule has 7 heteroatoms. The highest BCUT2D eigenvalue weighted by Gasteiger charge is 2.71. The Morgan fingerprint density at radius 3 is 2.50 bits per heavy atom. The summed E-state index contributed by atoms with van der Waals surface area (Å²) in [7, 11) is 0. The molecule has 1 N–H and O–H groups in total. The molecule has 4 unspecified atom stereocenters. The first-order valence-electron chi connectivity index (χ1n) is 10.6. The number of nitrogens with zero attached hydrogens (tertiary/aromatic N) is 2. The van der Waals surface area contributed by atoms with E-state index in [9.17, 15) is 14.4 Å². The van der Waals surface area contributed by atoms with Crippen LogP contribution in [0.15, 0.2) is 54.6 Å². The van der Waals surface area contributed by atoms with E-state index in [1.54, 1.807) is 40.9 Å². The number of benzene rings is 2. The molecule has 5 rings (SSSR count). The Hall–Kier alpha value is -3.08. The Labute approximate surface area is 191 Å². The van der Waals surface area contributed by atoms with E-state index >= 15 is 0 Å². The average Bonchev–Trinajstić information content (AvgIpc) is 3.38. The first-order valence-corrected chi connectivity index (χ1v) is 12.0. The molecule has 3 amide bonds. The van der Waals surface area contributed by atoms with Gasteiger partial charge in [-0.2, -0.15) is 11.8 Å². The Bertz CT molecular complexity index is 1140.